The van der Waals surface area contributed by atoms with Gasteiger partial charge in [-0.05, 0) is 18.8 Å². The van der Waals surface area contributed by atoms with E-state index < -0.39 is 0 Å². The Labute approximate surface area is 103 Å². The first kappa shape index (κ1) is 13.4. The molecule has 3 N–H and O–H groups in total. The maximum absolute atomic E-state index is 11.8. The fraction of sp³-hybridized carbons (Fsp3) is 0.833. The SMILES string of the molecule is CCCC(C(=O)NCCC1CCC1)C(N)=S. The van der Waals surface area contributed by atoms with Gasteiger partial charge in [0.2, 0.25) is 5.91 Å². The van der Waals surface area contributed by atoms with Gasteiger partial charge in [0.05, 0.1) is 10.9 Å². The molecule has 92 valence electrons. The Bertz CT molecular complexity index is 251. The van der Waals surface area contributed by atoms with Gasteiger partial charge in [0.25, 0.3) is 0 Å². The molecule has 3 nitrogen and oxygen atoms in total. The average molecular weight is 242 g/mol. The number of amides is 1. The highest BCUT2D eigenvalue weighted by Crippen LogP contribution is 2.28. The van der Waals surface area contributed by atoms with Gasteiger partial charge in [-0.25, -0.2) is 0 Å². The first-order chi connectivity index (χ1) is 7.65. The summed E-state index contributed by atoms with van der Waals surface area (Å²) in [6.45, 7) is 2.80. The van der Waals surface area contributed by atoms with Crippen LogP contribution in [0.5, 0.6) is 0 Å². The van der Waals surface area contributed by atoms with Crippen LogP contribution in [0.15, 0.2) is 0 Å². The van der Waals surface area contributed by atoms with Crippen LogP contribution in [0.1, 0.15) is 45.4 Å². The predicted molar refractivity (Wildman–Crippen MR) is 70.2 cm³/mol. The van der Waals surface area contributed by atoms with Crippen molar-refractivity contribution in [2.75, 3.05) is 6.54 Å². The van der Waals surface area contributed by atoms with Crippen LogP contribution in [0.25, 0.3) is 0 Å². The van der Waals surface area contributed by atoms with Crippen molar-refractivity contribution in [3.63, 3.8) is 0 Å². The molecule has 0 aliphatic heterocycles. The Morgan fingerprint density at radius 3 is 2.69 bits per heavy atom. The van der Waals surface area contributed by atoms with E-state index in [9.17, 15) is 4.79 Å². The summed E-state index contributed by atoms with van der Waals surface area (Å²) >= 11 is 4.91. The van der Waals surface area contributed by atoms with Crippen LogP contribution < -0.4 is 11.1 Å². The zero-order valence-corrected chi connectivity index (χ0v) is 10.8. The minimum absolute atomic E-state index is 0.00803. The van der Waals surface area contributed by atoms with Crippen LogP contribution >= 0.6 is 12.2 Å². The van der Waals surface area contributed by atoms with Gasteiger partial charge in [0.15, 0.2) is 0 Å². The minimum Gasteiger partial charge on any atom is -0.393 e. The smallest absolute Gasteiger partial charge is 0.229 e. The van der Waals surface area contributed by atoms with Crippen LogP contribution in [0.4, 0.5) is 0 Å². The number of nitrogens with one attached hydrogen (secondary N) is 1. The lowest BCUT2D eigenvalue weighted by atomic mass is 9.83. The number of thiocarbonyl (C=S) groups is 1. The molecule has 1 rings (SSSR count). The summed E-state index contributed by atoms with van der Waals surface area (Å²) < 4.78 is 0. The van der Waals surface area contributed by atoms with E-state index in [0.717, 1.165) is 31.7 Å². The molecule has 16 heavy (non-hydrogen) atoms. The van der Waals surface area contributed by atoms with Crippen LogP contribution in [-0.2, 0) is 4.79 Å². The van der Waals surface area contributed by atoms with Gasteiger partial charge < -0.3 is 11.1 Å². The third-order valence-electron chi connectivity index (χ3n) is 3.31. The summed E-state index contributed by atoms with van der Waals surface area (Å²) in [7, 11) is 0. The Morgan fingerprint density at radius 2 is 2.25 bits per heavy atom. The summed E-state index contributed by atoms with van der Waals surface area (Å²) in [6.07, 6.45) is 6.78. The van der Waals surface area contributed by atoms with Gasteiger partial charge in [-0.2, -0.15) is 0 Å². The second-order valence-corrected chi connectivity index (χ2v) is 5.09. The summed E-state index contributed by atoms with van der Waals surface area (Å²) in [6, 6.07) is 0. The van der Waals surface area contributed by atoms with E-state index in [4.69, 9.17) is 18.0 Å². The summed E-state index contributed by atoms with van der Waals surface area (Å²) in [4.78, 5) is 12.1. The number of rotatable bonds is 7. The summed E-state index contributed by atoms with van der Waals surface area (Å²) in [5.41, 5.74) is 5.56. The average Bonchev–Trinajstić information content (AvgIpc) is 2.17. The standard InChI is InChI=1S/C12H22N2OS/c1-2-4-10(11(13)16)12(15)14-8-7-9-5-3-6-9/h9-10H,2-8H2,1H3,(H2,13,16)(H,14,15). The predicted octanol–water partition coefficient (Wildman–Crippen LogP) is 2.00. The Hall–Kier alpha value is -0.640. The Kier molecular flexibility index (Phi) is 5.74. The molecule has 1 unspecified atom stereocenters. The van der Waals surface area contributed by atoms with E-state index in [1.165, 1.54) is 19.3 Å². The number of hydrogen-bond donors (Lipinski definition) is 2. The van der Waals surface area contributed by atoms with E-state index in [1.54, 1.807) is 0 Å². The van der Waals surface area contributed by atoms with Crippen molar-refractivity contribution < 1.29 is 4.79 Å². The molecule has 0 heterocycles. The second-order valence-electron chi connectivity index (χ2n) is 4.62. The first-order valence-electron chi connectivity index (χ1n) is 6.22. The highest BCUT2D eigenvalue weighted by molar-refractivity contribution is 7.80. The van der Waals surface area contributed by atoms with Crippen molar-refractivity contribution in [1.82, 2.24) is 5.32 Å². The number of nitrogens with two attached hydrogens (primary N) is 1. The third-order valence-corrected chi connectivity index (χ3v) is 3.60. The molecule has 0 bridgehead atoms. The fourth-order valence-corrected chi connectivity index (χ4v) is 2.22. The van der Waals surface area contributed by atoms with Gasteiger partial charge in [0.1, 0.15) is 0 Å². The van der Waals surface area contributed by atoms with Gasteiger partial charge in [-0.1, -0.05) is 44.8 Å². The number of carbonyl (C=O) groups is 1. The van der Waals surface area contributed by atoms with E-state index in [1.807, 2.05) is 6.92 Å². The molecular formula is C12H22N2OS. The topological polar surface area (TPSA) is 55.1 Å². The fourth-order valence-electron chi connectivity index (χ4n) is 2.00. The third kappa shape index (κ3) is 4.08. The molecule has 1 amide bonds. The molecule has 0 saturated heterocycles. The molecule has 0 aromatic rings. The maximum Gasteiger partial charge on any atom is 0.229 e. The molecule has 0 spiro atoms. The van der Waals surface area contributed by atoms with Crippen LogP contribution in [0.2, 0.25) is 0 Å². The van der Waals surface area contributed by atoms with Crippen molar-refractivity contribution in [2.45, 2.75) is 45.4 Å². The van der Waals surface area contributed by atoms with E-state index >= 15 is 0 Å². The lowest BCUT2D eigenvalue weighted by Crippen LogP contribution is -2.38. The molecule has 1 aliphatic rings. The van der Waals surface area contributed by atoms with Crippen LogP contribution in [0.3, 0.4) is 0 Å². The van der Waals surface area contributed by atoms with Gasteiger partial charge >= 0.3 is 0 Å². The number of hydrogen-bond acceptors (Lipinski definition) is 2. The second kappa shape index (κ2) is 6.84. The van der Waals surface area contributed by atoms with Crippen molar-refractivity contribution in [3.05, 3.63) is 0 Å². The molecule has 0 aromatic carbocycles. The molecule has 1 fully saturated rings. The van der Waals surface area contributed by atoms with E-state index in [2.05, 4.69) is 5.32 Å². The monoisotopic (exact) mass is 242 g/mol. The molecule has 0 radical (unpaired) electrons. The lowest BCUT2D eigenvalue weighted by Gasteiger charge is -2.25. The van der Waals surface area contributed by atoms with E-state index in [-0.39, 0.29) is 11.8 Å². The number of carbonyl (C=O) groups excluding carboxylic acids is 1. The maximum atomic E-state index is 11.8. The largest absolute Gasteiger partial charge is 0.393 e. The van der Waals surface area contributed by atoms with Crippen molar-refractivity contribution >= 4 is 23.1 Å². The zero-order valence-electron chi connectivity index (χ0n) is 10.00. The van der Waals surface area contributed by atoms with Crippen molar-refractivity contribution in [1.29, 1.82) is 0 Å². The molecular weight excluding hydrogens is 220 g/mol. The van der Waals surface area contributed by atoms with E-state index in [0.29, 0.717) is 4.99 Å². The first-order valence-corrected chi connectivity index (χ1v) is 6.63. The Morgan fingerprint density at radius 1 is 1.56 bits per heavy atom. The normalized spacial score (nSPS) is 17.6. The van der Waals surface area contributed by atoms with Gasteiger partial charge in [-0.15, -0.1) is 0 Å². The quantitative estimate of drug-likeness (QED) is 0.671. The van der Waals surface area contributed by atoms with Crippen molar-refractivity contribution in [2.24, 2.45) is 17.6 Å². The molecule has 1 saturated carbocycles. The molecule has 1 atom stereocenters. The summed E-state index contributed by atoms with van der Waals surface area (Å²) in [5, 5.41) is 2.94. The van der Waals surface area contributed by atoms with Gasteiger partial charge in [-0.3, -0.25) is 4.79 Å². The molecule has 4 heteroatoms. The Balaban J connectivity index is 2.22. The molecule has 1 aliphatic carbocycles. The summed E-state index contributed by atoms with van der Waals surface area (Å²) in [5.74, 6) is 0.560. The highest BCUT2D eigenvalue weighted by atomic mass is 32.1. The van der Waals surface area contributed by atoms with Crippen molar-refractivity contribution in [3.8, 4) is 0 Å². The highest BCUT2D eigenvalue weighted by Gasteiger charge is 2.21. The van der Waals surface area contributed by atoms with Crippen LogP contribution in [-0.4, -0.2) is 17.4 Å². The lowest BCUT2D eigenvalue weighted by molar-refractivity contribution is -0.123. The van der Waals surface area contributed by atoms with Crippen LogP contribution in [0, 0.1) is 11.8 Å². The van der Waals surface area contributed by atoms with Gasteiger partial charge in [0, 0.05) is 6.54 Å². The molecule has 0 aromatic heterocycles. The minimum atomic E-state index is -0.276. The zero-order chi connectivity index (χ0) is 12.0.